The molecule has 0 atom stereocenters. The van der Waals surface area contributed by atoms with Crippen molar-refractivity contribution >= 4 is 40.0 Å². The molecule has 0 aliphatic carbocycles. The third kappa shape index (κ3) is 4.94. The molecule has 0 fully saturated rings. The van der Waals surface area contributed by atoms with Crippen molar-refractivity contribution < 1.29 is 14.3 Å². The van der Waals surface area contributed by atoms with Gasteiger partial charge in [0.2, 0.25) is 0 Å². The summed E-state index contributed by atoms with van der Waals surface area (Å²) in [6.45, 7) is 6.13. The molecule has 1 aromatic heterocycles. The Labute approximate surface area is 185 Å². The number of nitrogens with one attached hydrogen (secondary N) is 1. The SMILES string of the molecule is CCOC(=O)c1c(-c2ccc(C)c(C)c2)csc1NC(=O)c1ccc(CSC)cc1. The number of amides is 1. The van der Waals surface area contributed by atoms with Gasteiger partial charge in [-0.1, -0.05) is 30.3 Å². The molecule has 156 valence electrons. The lowest BCUT2D eigenvalue weighted by Gasteiger charge is -2.10. The predicted octanol–water partition coefficient (Wildman–Crippen LogP) is 6.32. The fourth-order valence-electron chi connectivity index (χ4n) is 3.07. The Balaban J connectivity index is 1.94. The first kappa shape index (κ1) is 22.1. The first-order valence-electron chi connectivity index (χ1n) is 9.70. The van der Waals surface area contributed by atoms with E-state index in [4.69, 9.17) is 4.74 Å². The van der Waals surface area contributed by atoms with Crippen LogP contribution in [0.15, 0.2) is 47.8 Å². The van der Waals surface area contributed by atoms with Crippen LogP contribution in [-0.4, -0.2) is 24.7 Å². The van der Waals surface area contributed by atoms with Crippen LogP contribution in [0.1, 0.15) is 44.3 Å². The van der Waals surface area contributed by atoms with Crippen molar-refractivity contribution in [2.45, 2.75) is 26.5 Å². The fourth-order valence-corrected chi connectivity index (χ4v) is 4.55. The molecule has 4 nitrogen and oxygen atoms in total. The molecule has 6 heteroatoms. The van der Waals surface area contributed by atoms with Crippen LogP contribution in [0.4, 0.5) is 5.00 Å². The summed E-state index contributed by atoms with van der Waals surface area (Å²) in [6, 6.07) is 13.6. The molecule has 0 bridgehead atoms. The molecule has 2 aromatic carbocycles. The maximum absolute atomic E-state index is 12.8. The van der Waals surface area contributed by atoms with E-state index in [1.165, 1.54) is 22.5 Å². The highest BCUT2D eigenvalue weighted by Gasteiger charge is 2.23. The van der Waals surface area contributed by atoms with Gasteiger partial charge in [-0.25, -0.2) is 4.79 Å². The Morgan fingerprint density at radius 2 is 1.80 bits per heavy atom. The minimum Gasteiger partial charge on any atom is -0.462 e. The van der Waals surface area contributed by atoms with E-state index in [0.717, 1.165) is 22.4 Å². The van der Waals surface area contributed by atoms with Crippen LogP contribution < -0.4 is 5.32 Å². The van der Waals surface area contributed by atoms with Gasteiger partial charge in [0.25, 0.3) is 5.91 Å². The van der Waals surface area contributed by atoms with E-state index in [2.05, 4.69) is 18.3 Å². The Kier molecular flexibility index (Phi) is 7.34. The number of benzene rings is 2. The summed E-state index contributed by atoms with van der Waals surface area (Å²) in [5.74, 6) is 0.224. The largest absolute Gasteiger partial charge is 0.462 e. The van der Waals surface area contributed by atoms with Crippen molar-refractivity contribution in [1.82, 2.24) is 0 Å². The zero-order chi connectivity index (χ0) is 21.7. The summed E-state index contributed by atoms with van der Waals surface area (Å²) in [7, 11) is 0. The predicted molar refractivity (Wildman–Crippen MR) is 127 cm³/mol. The number of anilines is 1. The van der Waals surface area contributed by atoms with Gasteiger partial charge in [0.05, 0.1) is 6.61 Å². The Morgan fingerprint density at radius 3 is 2.43 bits per heavy atom. The van der Waals surface area contributed by atoms with Gasteiger partial charge in [0, 0.05) is 22.3 Å². The monoisotopic (exact) mass is 439 g/mol. The average Bonchev–Trinajstić information content (AvgIpc) is 3.14. The van der Waals surface area contributed by atoms with Crippen molar-refractivity contribution in [3.8, 4) is 11.1 Å². The van der Waals surface area contributed by atoms with Crippen molar-refractivity contribution in [1.29, 1.82) is 0 Å². The van der Waals surface area contributed by atoms with Gasteiger partial charge < -0.3 is 10.1 Å². The molecule has 0 saturated carbocycles. The summed E-state index contributed by atoms with van der Waals surface area (Å²) in [5, 5.41) is 5.30. The number of rotatable bonds is 7. The molecular formula is C24H25NO3S2. The van der Waals surface area contributed by atoms with Crippen LogP contribution in [0.25, 0.3) is 11.1 Å². The van der Waals surface area contributed by atoms with Crippen molar-refractivity contribution in [3.05, 3.63) is 75.7 Å². The number of thiophene rings is 1. The maximum atomic E-state index is 12.8. The van der Waals surface area contributed by atoms with Gasteiger partial charge in [-0.15, -0.1) is 11.3 Å². The number of carbonyl (C=O) groups excluding carboxylic acids is 2. The molecule has 30 heavy (non-hydrogen) atoms. The quantitative estimate of drug-likeness (QED) is 0.437. The highest BCUT2D eigenvalue weighted by molar-refractivity contribution is 7.97. The van der Waals surface area contributed by atoms with E-state index in [0.29, 0.717) is 16.1 Å². The number of carbonyl (C=O) groups is 2. The van der Waals surface area contributed by atoms with Crippen molar-refractivity contribution in [2.24, 2.45) is 0 Å². The van der Waals surface area contributed by atoms with E-state index in [-0.39, 0.29) is 12.5 Å². The standard InChI is InChI=1S/C24H25NO3S2/c1-5-28-24(27)21-20(19-9-6-15(2)16(3)12-19)14-30-23(21)25-22(26)18-10-7-17(8-11-18)13-29-4/h6-12,14H,5,13H2,1-4H3,(H,25,26). The fraction of sp³-hybridized carbons (Fsp3) is 0.250. The van der Waals surface area contributed by atoms with Gasteiger partial charge in [0.15, 0.2) is 0 Å². The lowest BCUT2D eigenvalue weighted by atomic mass is 9.99. The summed E-state index contributed by atoms with van der Waals surface area (Å²) < 4.78 is 5.29. The number of ether oxygens (including phenoxy) is 1. The van der Waals surface area contributed by atoms with E-state index in [1.54, 1.807) is 18.7 Å². The molecule has 0 aliphatic heterocycles. The van der Waals surface area contributed by atoms with Crippen LogP contribution in [0.5, 0.6) is 0 Å². The number of hydrogen-bond donors (Lipinski definition) is 1. The molecule has 1 N–H and O–H groups in total. The molecule has 3 aromatic rings. The molecule has 0 spiro atoms. The zero-order valence-electron chi connectivity index (χ0n) is 17.6. The van der Waals surface area contributed by atoms with E-state index in [1.807, 2.05) is 55.0 Å². The molecule has 3 rings (SSSR count). The number of thioether (sulfide) groups is 1. The Morgan fingerprint density at radius 1 is 1.07 bits per heavy atom. The van der Waals surface area contributed by atoms with Gasteiger partial charge in [-0.2, -0.15) is 11.8 Å². The van der Waals surface area contributed by atoms with Crippen molar-refractivity contribution in [2.75, 3.05) is 18.2 Å². The third-order valence-electron chi connectivity index (χ3n) is 4.84. The lowest BCUT2D eigenvalue weighted by molar-refractivity contribution is 0.0529. The normalized spacial score (nSPS) is 10.7. The molecule has 0 aliphatic rings. The highest BCUT2D eigenvalue weighted by Crippen LogP contribution is 2.37. The average molecular weight is 440 g/mol. The van der Waals surface area contributed by atoms with Crippen LogP contribution >= 0.6 is 23.1 Å². The van der Waals surface area contributed by atoms with Crippen molar-refractivity contribution in [3.63, 3.8) is 0 Å². The molecular weight excluding hydrogens is 414 g/mol. The maximum Gasteiger partial charge on any atom is 0.341 e. The van der Waals surface area contributed by atoms with E-state index >= 15 is 0 Å². The second kappa shape index (κ2) is 9.96. The number of esters is 1. The Bertz CT molecular complexity index is 1050. The van der Waals surface area contributed by atoms with Gasteiger partial charge in [-0.05, 0) is 61.4 Å². The Hall–Kier alpha value is -2.57. The van der Waals surface area contributed by atoms with Gasteiger partial charge in [-0.3, -0.25) is 4.79 Å². The van der Waals surface area contributed by atoms with Crippen LogP contribution in [0.2, 0.25) is 0 Å². The summed E-state index contributed by atoms with van der Waals surface area (Å²) in [6.07, 6.45) is 2.04. The summed E-state index contributed by atoms with van der Waals surface area (Å²) in [4.78, 5) is 25.5. The second-order valence-electron chi connectivity index (χ2n) is 6.96. The third-order valence-corrected chi connectivity index (χ3v) is 6.36. The van der Waals surface area contributed by atoms with Gasteiger partial charge in [0.1, 0.15) is 10.6 Å². The minimum atomic E-state index is -0.433. The van der Waals surface area contributed by atoms with Gasteiger partial charge >= 0.3 is 5.97 Å². The number of aryl methyl sites for hydroxylation is 2. The van der Waals surface area contributed by atoms with E-state index in [9.17, 15) is 9.59 Å². The van der Waals surface area contributed by atoms with Crippen LogP contribution in [0.3, 0.4) is 0 Å². The van der Waals surface area contributed by atoms with E-state index < -0.39 is 5.97 Å². The summed E-state index contributed by atoms with van der Waals surface area (Å²) in [5.41, 5.74) is 6.15. The van der Waals surface area contributed by atoms with Crippen LogP contribution in [-0.2, 0) is 10.5 Å². The second-order valence-corrected chi connectivity index (χ2v) is 8.70. The number of hydrogen-bond acceptors (Lipinski definition) is 5. The molecule has 0 unspecified atom stereocenters. The summed E-state index contributed by atoms with van der Waals surface area (Å²) >= 11 is 3.07. The molecule has 1 amide bonds. The zero-order valence-corrected chi connectivity index (χ0v) is 19.2. The topological polar surface area (TPSA) is 55.4 Å². The smallest absolute Gasteiger partial charge is 0.341 e. The lowest BCUT2D eigenvalue weighted by Crippen LogP contribution is -2.14. The first-order chi connectivity index (χ1) is 14.4. The minimum absolute atomic E-state index is 0.246. The highest BCUT2D eigenvalue weighted by atomic mass is 32.2. The van der Waals surface area contributed by atoms with Crippen LogP contribution in [0, 0.1) is 13.8 Å². The molecule has 1 heterocycles. The molecule has 0 radical (unpaired) electrons. The first-order valence-corrected chi connectivity index (χ1v) is 12.0. The molecule has 0 saturated heterocycles.